The van der Waals surface area contributed by atoms with Crippen molar-refractivity contribution >= 4 is 29.2 Å². The van der Waals surface area contributed by atoms with Crippen LogP contribution in [0.1, 0.15) is 53.0 Å². The average Bonchev–Trinajstić information content (AvgIpc) is 3.20. The minimum absolute atomic E-state index is 0.0192. The lowest BCUT2D eigenvalue weighted by Gasteiger charge is -2.21. The molecule has 28 heavy (non-hydrogen) atoms. The van der Waals surface area contributed by atoms with Crippen molar-refractivity contribution < 1.29 is 28.6 Å². The van der Waals surface area contributed by atoms with Crippen LogP contribution in [0.5, 0.6) is 5.75 Å². The van der Waals surface area contributed by atoms with Gasteiger partial charge in [-0.15, -0.1) is 0 Å². The minimum atomic E-state index is -1.18. The van der Waals surface area contributed by atoms with Gasteiger partial charge in [0.25, 0.3) is 5.91 Å². The van der Waals surface area contributed by atoms with Crippen LogP contribution >= 0.6 is 0 Å². The van der Waals surface area contributed by atoms with Gasteiger partial charge in [-0.2, -0.15) is 0 Å². The van der Waals surface area contributed by atoms with Crippen molar-refractivity contribution in [1.29, 1.82) is 0 Å². The monoisotopic (exact) mass is 386 g/mol. The maximum Gasteiger partial charge on any atom is 0.338 e. The molecule has 0 spiro atoms. The molecule has 2 amide bonds. The zero-order chi connectivity index (χ0) is 20.1. The SMILES string of the molecule is COc1ccc(NC(=O)c2cc(C(=O)O)co2)cc1NC(=O)C1CCCCC1. The summed E-state index contributed by atoms with van der Waals surface area (Å²) in [5.74, 6) is -1.50. The first-order chi connectivity index (χ1) is 13.5. The van der Waals surface area contributed by atoms with Crippen molar-refractivity contribution in [3.05, 3.63) is 41.9 Å². The van der Waals surface area contributed by atoms with Crippen LogP contribution in [0.25, 0.3) is 0 Å². The van der Waals surface area contributed by atoms with Crippen molar-refractivity contribution in [1.82, 2.24) is 0 Å². The van der Waals surface area contributed by atoms with Gasteiger partial charge in [0.1, 0.15) is 12.0 Å². The topological polar surface area (TPSA) is 118 Å². The Kier molecular flexibility index (Phi) is 5.98. The molecule has 2 aromatic rings. The predicted octanol–water partition coefficient (Wildman–Crippen LogP) is 3.76. The third-order valence-corrected chi connectivity index (χ3v) is 4.76. The van der Waals surface area contributed by atoms with Gasteiger partial charge in [0.05, 0.1) is 18.4 Å². The number of carboxylic acid groups (broad SMARTS) is 1. The summed E-state index contributed by atoms with van der Waals surface area (Å²) in [5.41, 5.74) is 0.764. The number of carbonyl (C=O) groups is 3. The molecule has 1 aliphatic rings. The molecule has 1 aromatic carbocycles. The number of nitrogens with one attached hydrogen (secondary N) is 2. The summed E-state index contributed by atoms with van der Waals surface area (Å²) >= 11 is 0. The molecule has 0 bridgehead atoms. The largest absolute Gasteiger partial charge is 0.495 e. The smallest absolute Gasteiger partial charge is 0.338 e. The summed E-state index contributed by atoms with van der Waals surface area (Å²) < 4.78 is 10.3. The number of hydrogen-bond donors (Lipinski definition) is 3. The van der Waals surface area contributed by atoms with E-state index in [1.54, 1.807) is 18.2 Å². The Bertz CT molecular complexity index is 883. The Hall–Kier alpha value is -3.29. The zero-order valence-corrected chi connectivity index (χ0v) is 15.5. The summed E-state index contributed by atoms with van der Waals surface area (Å²) in [6.07, 6.45) is 6.00. The van der Waals surface area contributed by atoms with E-state index >= 15 is 0 Å². The number of amides is 2. The van der Waals surface area contributed by atoms with Crippen LogP contribution in [-0.2, 0) is 4.79 Å². The lowest BCUT2D eigenvalue weighted by Crippen LogP contribution is -2.25. The van der Waals surface area contributed by atoms with Crippen LogP contribution < -0.4 is 15.4 Å². The van der Waals surface area contributed by atoms with E-state index in [0.29, 0.717) is 17.1 Å². The van der Waals surface area contributed by atoms with E-state index in [0.717, 1.165) is 44.4 Å². The van der Waals surface area contributed by atoms with E-state index in [2.05, 4.69) is 10.6 Å². The number of aromatic carboxylic acids is 1. The fourth-order valence-electron chi connectivity index (χ4n) is 3.24. The highest BCUT2D eigenvalue weighted by Gasteiger charge is 2.22. The van der Waals surface area contributed by atoms with E-state index in [1.165, 1.54) is 7.11 Å². The van der Waals surface area contributed by atoms with E-state index in [4.69, 9.17) is 14.3 Å². The van der Waals surface area contributed by atoms with Gasteiger partial charge < -0.3 is 24.9 Å². The van der Waals surface area contributed by atoms with Crippen molar-refractivity contribution in [3.8, 4) is 5.75 Å². The molecule has 1 saturated carbocycles. The van der Waals surface area contributed by atoms with Gasteiger partial charge in [0.2, 0.25) is 5.91 Å². The maximum absolute atomic E-state index is 12.5. The van der Waals surface area contributed by atoms with Crippen LogP contribution in [0.3, 0.4) is 0 Å². The van der Waals surface area contributed by atoms with E-state index in [-0.39, 0.29) is 23.1 Å². The molecule has 1 aromatic heterocycles. The Labute approximate surface area is 161 Å². The van der Waals surface area contributed by atoms with Crippen molar-refractivity contribution in [2.45, 2.75) is 32.1 Å². The standard InChI is InChI=1S/C20H22N2O6/c1-27-16-8-7-14(21-19(24)17-9-13(11-28-17)20(25)26)10-15(16)22-18(23)12-5-3-2-4-6-12/h7-12H,2-6H2,1H3,(H,21,24)(H,22,23)(H,25,26). The third kappa shape index (κ3) is 4.51. The van der Waals surface area contributed by atoms with E-state index < -0.39 is 11.9 Å². The van der Waals surface area contributed by atoms with Crippen LogP contribution in [-0.4, -0.2) is 30.0 Å². The molecule has 148 valence electrons. The Balaban J connectivity index is 1.73. The van der Waals surface area contributed by atoms with Crippen LogP contribution in [0.2, 0.25) is 0 Å². The Morgan fingerprint density at radius 2 is 1.86 bits per heavy atom. The molecule has 8 nitrogen and oxygen atoms in total. The number of furan rings is 1. The number of ether oxygens (including phenoxy) is 1. The molecular weight excluding hydrogens is 364 g/mol. The first-order valence-electron chi connectivity index (χ1n) is 9.10. The summed E-state index contributed by atoms with van der Waals surface area (Å²) in [4.78, 5) is 35.7. The fraction of sp³-hybridized carbons (Fsp3) is 0.350. The lowest BCUT2D eigenvalue weighted by molar-refractivity contribution is -0.120. The molecule has 3 rings (SSSR count). The average molecular weight is 386 g/mol. The molecular formula is C20H22N2O6. The molecule has 0 radical (unpaired) electrons. The third-order valence-electron chi connectivity index (χ3n) is 4.76. The second kappa shape index (κ2) is 8.60. The van der Waals surface area contributed by atoms with Crippen molar-refractivity contribution in [3.63, 3.8) is 0 Å². The summed E-state index contributed by atoms with van der Waals surface area (Å²) in [6, 6.07) is 6.00. The lowest BCUT2D eigenvalue weighted by atomic mass is 9.88. The fourth-order valence-corrected chi connectivity index (χ4v) is 3.24. The molecule has 0 atom stereocenters. The van der Waals surface area contributed by atoms with Gasteiger partial charge in [-0.3, -0.25) is 9.59 Å². The highest BCUT2D eigenvalue weighted by molar-refractivity contribution is 6.04. The molecule has 3 N–H and O–H groups in total. The summed E-state index contributed by atoms with van der Waals surface area (Å²) in [6.45, 7) is 0. The Morgan fingerprint density at radius 3 is 2.50 bits per heavy atom. The molecule has 0 unspecified atom stereocenters. The highest BCUT2D eigenvalue weighted by Crippen LogP contribution is 2.31. The number of benzene rings is 1. The molecule has 0 aliphatic heterocycles. The van der Waals surface area contributed by atoms with Gasteiger partial charge in [0, 0.05) is 17.7 Å². The van der Waals surface area contributed by atoms with Gasteiger partial charge in [-0.1, -0.05) is 19.3 Å². The molecule has 1 heterocycles. The normalized spacial score (nSPS) is 14.3. The molecule has 0 saturated heterocycles. The highest BCUT2D eigenvalue weighted by atomic mass is 16.5. The maximum atomic E-state index is 12.5. The van der Waals surface area contributed by atoms with Gasteiger partial charge >= 0.3 is 5.97 Å². The van der Waals surface area contributed by atoms with Crippen LogP contribution in [0, 0.1) is 5.92 Å². The van der Waals surface area contributed by atoms with Gasteiger partial charge in [-0.25, -0.2) is 4.79 Å². The van der Waals surface area contributed by atoms with Gasteiger partial charge in [0.15, 0.2) is 5.76 Å². The number of anilines is 2. The first kappa shape index (κ1) is 19.5. The predicted molar refractivity (Wildman–Crippen MR) is 102 cm³/mol. The minimum Gasteiger partial charge on any atom is -0.495 e. The van der Waals surface area contributed by atoms with Crippen molar-refractivity contribution in [2.75, 3.05) is 17.7 Å². The molecule has 1 aliphatic carbocycles. The quantitative estimate of drug-likeness (QED) is 0.696. The zero-order valence-electron chi connectivity index (χ0n) is 15.5. The van der Waals surface area contributed by atoms with Crippen LogP contribution in [0.4, 0.5) is 11.4 Å². The van der Waals surface area contributed by atoms with Gasteiger partial charge in [-0.05, 0) is 31.0 Å². The number of carbonyl (C=O) groups excluding carboxylic acids is 2. The summed E-state index contributed by atoms with van der Waals surface area (Å²) in [7, 11) is 1.50. The van der Waals surface area contributed by atoms with Crippen LogP contribution in [0.15, 0.2) is 34.9 Å². The first-order valence-corrected chi connectivity index (χ1v) is 9.10. The summed E-state index contributed by atoms with van der Waals surface area (Å²) in [5, 5.41) is 14.4. The Morgan fingerprint density at radius 1 is 1.11 bits per heavy atom. The second-order valence-corrected chi connectivity index (χ2v) is 6.70. The number of hydrogen-bond acceptors (Lipinski definition) is 5. The van der Waals surface area contributed by atoms with E-state index in [1.807, 2.05) is 0 Å². The molecule has 1 fully saturated rings. The molecule has 8 heteroatoms. The van der Waals surface area contributed by atoms with E-state index in [9.17, 15) is 14.4 Å². The number of carboxylic acids is 1. The number of rotatable bonds is 6. The number of methoxy groups -OCH3 is 1. The second-order valence-electron chi connectivity index (χ2n) is 6.70. The van der Waals surface area contributed by atoms with Crippen molar-refractivity contribution in [2.24, 2.45) is 5.92 Å².